The molecule has 0 heterocycles. The first-order valence-corrected chi connectivity index (χ1v) is 13.8. The number of aliphatic hydroxyl groups is 2. The first kappa shape index (κ1) is 23.3. The third kappa shape index (κ3) is 3.76. The van der Waals surface area contributed by atoms with E-state index in [0.717, 1.165) is 38.0 Å². The maximum Gasteiger partial charge on any atom is 0.306 e. The average Bonchev–Trinajstić information content (AvgIpc) is 3.07. The van der Waals surface area contributed by atoms with Gasteiger partial charge in [0.05, 0.1) is 12.2 Å². The standard InChI is InChI=1S/C25H41IO4/c1-15(4-9-23(29)30-14-26)19-7-8-20-18-6-5-16-12-17(27)10-11-24(16,2)21(18)13-22(28)25(19,20)3/h15-22,27-28H,4-14H2,1-3H3/t15-,16-,17-,18+,19-,20+,21+,22+,24+,25-/m1/s1. The van der Waals surface area contributed by atoms with Gasteiger partial charge in [0.2, 0.25) is 0 Å². The molecule has 4 nitrogen and oxygen atoms in total. The number of esters is 1. The summed E-state index contributed by atoms with van der Waals surface area (Å²) in [6, 6.07) is 0. The van der Waals surface area contributed by atoms with E-state index in [4.69, 9.17) is 4.74 Å². The second-order valence-corrected chi connectivity index (χ2v) is 12.2. The zero-order valence-electron chi connectivity index (χ0n) is 19.0. The zero-order chi connectivity index (χ0) is 21.7. The van der Waals surface area contributed by atoms with Crippen LogP contribution in [0.25, 0.3) is 0 Å². The molecule has 4 aliphatic rings. The van der Waals surface area contributed by atoms with Crippen molar-refractivity contribution in [2.75, 3.05) is 4.61 Å². The fourth-order valence-corrected chi connectivity index (χ4v) is 9.19. The molecule has 2 N–H and O–H groups in total. The van der Waals surface area contributed by atoms with E-state index >= 15 is 0 Å². The van der Waals surface area contributed by atoms with Gasteiger partial charge in [-0.25, -0.2) is 0 Å². The minimum absolute atomic E-state index is 0.0227. The fourth-order valence-electron chi connectivity index (χ4n) is 8.84. The van der Waals surface area contributed by atoms with Crippen molar-refractivity contribution in [2.24, 2.45) is 46.3 Å². The number of carbonyl (C=O) groups is 1. The Bertz CT molecular complexity index is 641. The Morgan fingerprint density at radius 3 is 2.60 bits per heavy atom. The highest BCUT2D eigenvalue weighted by molar-refractivity contribution is 14.1. The van der Waals surface area contributed by atoms with Crippen LogP contribution in [0.5, 0.6) is 0 Å². The summed E-state index contributed by atoms with van der Waals surface area (Å²) in [6.07, 6.45) is 9.87. The van der Waals surface area contributed by atoms with Crippen LogP contribution in [0.1, 0.15) is 85.0 Å². The van der Waals surface area contributed by atoms with Crippen molar-refractivity contribution < 1.29 is 19.7 Å². The number of rotatable bonds is 5. The van der Waals surface area contributed by atoms with E-state index in [9.17, 15) is 15.0 Å². The normalized spacial score (nSPS) is 48.9. The molecule has 4 aliphatic carbocycles. The Hall–Kier alpha value is 0.120. The Kier molecular flexibility index (Phi) is 6.84. The lowest BCUT2D eigenvalue weighted by Gasteiger charge is -2.62. The monoisotopic (exact) mass is 532 g/mol. The summed E-state index contributed by atoms with van der Waals surface area (Å²) in [5.41, 5.74) is 0.266. The summed E-state index contributed by atoms with van der Waals surface area (Å²) in [5.74, 6) is 3.38. The number of hydrogen-bond acceptors (Lipinski definition) is 4. The SMILES string of the molecule is C[C@H](CCC(=O)OCI)[C@H]1CC[C@H]2[C@@H]3CC[C@@H]4C[C@H](O)CC[C@]4(C)[C@H]3C[C@H](O)[C@]12C. The van der Waals surface area contributed by atoms with Gasteiger partial charge < -0.3 is 14.9 Å². The van der Waals surface area contributed by atoms with Gasteiger partial charge in [0.15, 0.2) is 0 Å². The number of hydrogen-bond donors (Lipinski definition) is 2. The third-order valence-corrected chi connectivity index (χ3v) is 10.8. The quantitative estimate of drug-likeness (QED) is 0.286. The molecule has 0 bridgehead atoms. The largest absolute Gasteiger partial charge is 0.455 e. The molecule has 0 aromatic heterocycles. The molecule has 0 amide bonds. The van der Waals surface area contributed by atoms with Gasteiger partial charge in [-0.15, -0.1) is 0 Å². The molecule has 5 heteroatoms. The third-order valence-electron chi connectivity index (χ3n) is 10.5. The molecular formula is C25H41IO4. The maximum absolute atomic E-state index is 11.9. The summed E-state index contributed by atoms with van der Waals surface area (Å²) < 4.78 is 5.55. The molecule has 4 rings (SSSR count). The minimum atomic E-state index is -0.248. The van der Waals surface area contributed by atoms with Crippen LogP contribution in [0.4, 0.5) is 0 Å². The first-order valence-electron chi connectivity index (χ1n) is 12.3. The van der Waals surface area contributed by atoms with Gasteiger partial charge in [-0.3, -0.25) is 4.79 Å². The molecule has 0 aromatic carbocycles. The van der Waals surface area contributed by atoms with E-state index in [2.05, 4.69) is 43.4 Å². The van der Waals surface area contributed by atoms with Crippen LogP contribution >= 0.6 is 22.6 Å². The Morgan fingerprint density at radius 1 is 1.10 bits per heavy atom. The van der Waals surface area contributed by atoms with Crippen LogP contribution in [-0.2, 0) is 9.53 Å². The molecule has 0 aliphatic heterocycles. The van der Waals surface area contributed by atoms with E-state index in [1.807, 2.05) is 0 Å². The van der Waals surface area contributed by atoms with E-state index in [1.165, 1.54) is 25.7 Å². The summed E-state index contributed by atoms with van der Waals surface area (Å²) in [5, 5.41) is 21.8. The van der Waals surface area contributed by atoms with Crippen LogP contribution in [0, 0.1) is 46.3 Å². The van der Waals surface area contributed by atoms with Gasteiger partial charge in [-0.05, 0) is 127 Å². The van der Waals surface area contributed by atoms with Crippen LogP contribution in [0.15, 0.2) is 0 Å². The lowest BCUT2D eigenvalue weighted by atomic mass is 9.43. The Labute approximate surface area is 196 Å². The smallest absolute Gasteiger partial charge is 0.306 e. The van der Waals surface area contributed by atoms with Gasteiger partial charge in [0.1, 0.15) is 4.61 Å². The summed E-state index contributed by atoms with van der Waals surface area (Å²) in [6.45, 7) is 7.13. The van der Waals surface area contributed by atoms with Gasteiger partial charge >= 0.3 is 5.97 Å². The highest BCUT2D eigenvalue weighted by Gasteiger charge is 2.63. The number of aliphatic hydroxyl groups excluding tert-OH is 2. The molecule has 0 radical (unpaired) electrons. The molecule has 0 aromatic rings. The number of fused-ring (bicyclic) bond motifs is 5. The lowest BCUT2D eigenvalue weighted by Crippen LogP contribution is -2.58. The van der Waals surface area contributed by atoms with E-state index in [-0.39, 0.29) is 29.0 Å². The zero-order valence-corrected chi connectivity index (χ0v) is 21.1. The van der Waals surface area contributed by atoms with E-state index in [0.29, 0.717) is 40.6 Å². The number of ether oxygens (including phenoxy) is 1. The molecule has 10 atom stereocenters. The number of carbonyl (C=O) groups excluding carboxylic acids is 1. The van der Waals surface area contributed by atoms with Crippen molar-refractivity contribution in [3.63, 3.8) is 0 Å². The summed E-state index contributed by atoms with van der Waals surface area (Å²) in [7, 11) is 0. The van der Waals surface area contributed by atoms with Crippen molar-refractivity contribution in [1.82, 2.24) is 0 Å². The Morgan fingerprint density at radius 2 is 1.87 bits per heavy atom. The van der Waals surface area contributed by atoms with Crippen molar-refractivity contribution in [2.45, 2.75) is 97.2 Å². The van der Waals surface area contributed by atoms with E-state index < -0.39 is 0 Å². The molecule has 172 valence electrons. The van der Waals surface area contributed by atoms with E-state index in [1.54, 1.807) is 0 Å². The summed E-state index contributed by atoms with van der Waals surface area (Å²) in [4.78, 5) is 11.9. The van der Waals surface area contributed by atoms with Crippen LogP contribution in [0.3, 0.4) is 0 Å². The van der Waals surface area contributed by atoms with Crippen LogP contribution in [0.2, 0.25) is 0 Å². The van der Waals surface area contributed by atoms with Crippen molar-refractivity contribution in [1.29, 1.82) is 0 Å². The predicted octanol–water partition coefficient (Wildman–Crippen LogP) is 5.33. The van der Waals surface area contributed by atoms with Gasteiger partial charge in [-0.1, -0.05) is 20.8 Å². The molecular weight excluding hydrogens is 491 g/mol. The van der Waals surface area contributed by atoms with Crippen LogP contribution in [-0.4, -0.2) is 33.0 Å². The highest BCUT2D eigenvalue weighted by atomic mass is 127. The van der Waals surface area contributed by atoms with Gasteiger partial charge in [0, 0.05) is 6.42 Å². The average molecular weight is 533 g/mol. The highest BCUT2D eigenvalue weighted by Crippen LogP contribution is 2.68. The number of alkyl halides is 1. The number of halogens is 1. The lowest BCUT2D eigenvalue weighted by molar-refractivity contribution is -0.175. The fraction of sp³-hybridized carbons (Fsp3) is 0.960. The van der Waals surface area contributed by atoms with Crippen molar-refractivity contribution in [3.8, 4) is 0 Å². The molecule has 4 fully saturated rings. The summed E-state index contributed by atoms with van der Waals surface area (Å²) >= 11 is 2.07. The maximum atomic E-state index is 11.9. The predicted molar refractivity (Wildman–Crippen MR) is 126 cm³/mol. The topological polar surface area (TPSA) is 66.8 Å². The minimum Gasteiger partial charge on any atom is -0.455 e. The molecule has 0 spiro atoms. The van der Waals surface area contributed by atoms with Crippen molar-refractivity contribution >= 4 is 28.6 Å². The second-order valence-electron chi connectivity index (χ2n) is 11.5. The molecule has 30 heavy (non-hydrogen) atoms. The second kappa shape index (κ2) is 8.81. The van der Waals surface area contributed by atoms with Crippen LogP contribution < -0.4 is 0 Å². The Balaban J connectivity index is 1.50. The first-order chi connectivity index (χ1) is 14.2. The molecule has 0 saturated heterocycles. The van der Waals surface area contributed by atoms with Crippen molar-refractivity contribution in [3.05, 3.63) is 0 Å². The van der Waals surface area contributed by atoms with Gasteiger partial charge in [-0.2, -0.15) is 0 Å². The molecule has 4 saturated carbocycles. The van der Waals surface area contributed by atoms with Gasteiger partial charge in [0.25, 0.3) is 0 Å². The molecule has 0 unspecified atom stereocenters.